The second kappa shape index (κ2) is 9.53. The van der Waals surface area contributed by atoms with E-state index in [-0.39, 0.29) is 18.4 Å². The average molecular weight is 390 g/mol. The van der Waals surface area contributed by atoms with Gasteiger partial charge in [-0.1, -0.05) is 23.7 Å². The molecule has 0 N–H and O–H groups in total. The maximum Gasteiger partial charge on any atom is 0.331 e. The summed E-state index contributed by atoms with van der Waals surface area (Å²) in [5.74, 6) is -0.799. The first-order valence-electron chi connectivity index (χ1n) is 8.64. The highest BCUT2D eigenvalue weighted by molar-refractivity contribution is 6.30. The van der Waals surface area contributed by atoms with Gasteiger partial charge in [0, 0.05) is 35.2 Å². The van der Waals surface area contributed by atoms with E-state index in [0.717, 1.165) is 17.0 Å². The summed E-state index contributed by atoms with van der Waals surface area (Å²) >= 11 is 5.82. The molecule has 0 saturated heterocycles. The summed E-state index contributed by atoms with van der Waals surface area (Å²) in [7, 11) is 1.65. The topological polar surface area (TPSA) is 57.5 Å². The highest BCUT2D eigenvalue weighted by Gasteiger charge is 2.19. The van der Waals surface area contributed by atoms with Crippen LogP contribution in [0.1, 0.15) is 40.3 Å². The van der Waals surface area contributed by atoms with Crippen molar-refractivity contribution in [3.05, 3.63) is 63.9 Å². The number of methoxy groups -OCH3 is 1. The maximum absolute atomic E-state index is 12.5. The Kier molecular flexibility index (Phi) is 7.39. The molecule has 6 heteroatoms. The predicted molar refractivity (Wildman–Crippen MR) is 106 cm³/mol. The molecule has 1 atom stereocenters. The fourth-order valence-corrected chi connectivity index (χ4v) is 3.18. The van der Waals surface area contributed by atoms with Crippen molar-refractivity contribution in [2.75, 3.05) is 20.3 Å². The Morgan fingerprint density at radius 2 is 1.89 bits per heavy atom. The molecule has 5 nitrogen and oxygen atoms in total. The lowest BCUT2D eigenvalue weighted by Gasteiger charge is -2.17. The number of hydrogen-bond acceptors (Lipinski definition) is 4. The first-order chi connectivity index (χ1) is 12.8. The van der Waals surface area contributed by atoms with Gasteiger partial charge in [-0.05, 0) is 50.6 Å². The Labute approximate surface area is 164 Å². The molecule has 0 aliphatic heterocycles. The second-order valence-electron chi connectivity index (χ2n) is 6.37. The van der Waals surface area contributed by atoms with Gasteiger partial charge in [0.2, 0.25) is 5.78 Å². The quantitative estimate of drug-likeness (QED) is 0.381. The van der Waals surface area contributed by atoms with Gasteiger partial charge in [0.05, 0.1) is 12.6 Å². The van der Waals surface area contributed by atoms with E-state index in [0.29, 0.717) is 17.2 Å². The van der Waals surface area contributed by atoms with E-state index in [4.69, 9.17) is 21.1 Å². The van der Waals surface area contributed by atoms with Crippen molar-refractivity contribution in [3.63, 3.8) is 0 Å². The van der Waals surface area contributed by atoms with Gasteiger partial charge in [0.25, 0.3) is 0 Å². The van der Waals surface area contributed by atoms with Gasteiger partial charge < -0.3 is 14.0 Å². The van der Waals surface area contributed by atoms with E-state index in [1.165, 1.54) is 6.08 Å². The van der Waals surface area contributed by atoms with E-state index in [1.54, 1.807) is 37.5 Å². The van der Waals surface area contributed by atoms with Gasteiger partial charge >= 0.3 is 5.97 Å². The number of aromatic nitrogens is 1. The largest absolute Gasteiger partial charge is 0.454 e. The number of aryl methyl sites for hydroxylation is 1. The number of rotatable bonds is 8. The fraction of sp³-hybridized carbons (Fsp3) is 0.333. The van der Waals surface area contributed by atoms with Crippen molar-refractivity contribution in [3.8, 4) is 0 Å². The summed E-state index contributed by atoms with van der Waals surface area (Å²) in [5.41, 5.74) is 3.19. The van der Waals surface area contributed by atoms with Crippen molar-refractivity contribution >= 4 is 29.4 Å². The molecule has 2 aromatic rings. The van der Waals surface area contributed by atoms with Crippen LogP contribution >= 0.6 is 11.6 Å². The monoisotopic (exact) mass is 389 g/mol. The van der Waals surface area contributed by atoms with Gasteiger partial charge in [-0.2, -0.15) is 0 Å². The van der Waals surface area contributed by atoms with E-state index in [1.807, 2.05) is 26.8 Å². The molecule has 1 heterocycles. The van der Waals surface area contributed by atoms with Crippen LogP contribution in [-0.2, 0) is 14.3 Å². The lowest BCUT2D eigenvalue weighted by Crippen LogP contribution is -2.16. The lowest BCUT2D eigenvalue weighted by molar-refractivity contribution is -0.136. The molecule has 0 radical (unpaired) electrons. The second-order valence-corrected chi connectivity index (χ2v) is 6.81. The van der Waals surface area contributed by atoms with E-state index >= 15 is 0 Å². The Morgan fingerprint density at radius 3 is 2.52 bits per heavy atom. The molecule has 0 aliphatic carbocycles. The van der Waals surface area contributed by atoms with Crippen LogP contribution in [0.5, 0.6) is 0 Å². The van der Waals surface area contributed by atoms with Crippen molar-refractivity contribution in [1.29, 1.82) is 0 Å². The molecule has 0 aliphatic rings. The molecular formula is C21H24ClNO4. The SMILES string of the molecule is COCC(C)n1c(C)cc(C(=O)COC(=O)/C=C/c2ccc(Cl)cc2)c1C. The number of carbonyl (C=O) groups is 2. The van der Waals surface area contributed by atoms with E-state index < -0.39 is 5.97 Å². The molecule has 144 valence electrons. The standard InChI is InChI=1S/C21H24ClNO4/c1-14-11-19(16(3)23(14)15(2)12-26-4)20(24)13-27-21(25)10-7-17-5-8-18(22)9-6-17/h5-11,15H,12-13H2,1-4H3/b10-7+. The normalized spacial score (nSPS) is 12.3. The molecule has 1 aromatic carbocycles. The predicted octanol–water partition coefficient (Wildman–Crippen LogP) is 4.41. The zero-order valence-corrected chi connectivity index (χ0v) is 16.7. The third-order valence-corrected chi connectivity index (χ3v) is 4.51. The summed E-state index contributed by atoms with van der Waals surface area (Å²) in [6, 6.07) is 8.97. The average Bonchev–Trinajstić information content (AvgIpc) is 2.93. The van der Waals surface area contributed by atoms with Crippen LogP contribution in [0.3, 0.4) is 0 Å². The van der Waals surface area contributed by atoms with Crippen molar-refractivity contribution < 1.29 is 19.1 Å². The van der Waals surface area contributed by atoms with E-state index in [9.17, 15) is 9.59 Å². The number of halogens is 1. The van der Waals surface area contributed by atoms with Crippen molar-refractivity contribution in [2.24, 2.45) is 0 Å². The minimum atomic E-state index is -0.570. The fourth-order valence-electron chi connectivity index (χ4n) is 3.05. The van der Waals surface area contributed by atoms with Crippen LogP contribution in [0.2, 0.25) is 5.02 Å². The van der Waals surface area contributed by atoms with Crippen LogP contribution in [0.25, 0.3) is 6.08 Å². The zero-order valence-electron chi connectivity index (χ0n) is 16.0. The summed E-state index contributed by atoms with van der Waals surface area (Å²) < 4.78 is 12.3. The molecule has 0 bridgehead atoms. The van der Waals surface area contributed by atoms with Crippen LogP contribution in [0.4, 0.5) is 0 Å². The Hall–Kier alpha value is -2.37. The highest BCUT2D eigenvalue weighted by atomic mass is 35.5. The van der Waals surface area contributed by atoms with Crippen LogP contribution in [-0.4, -0.2) is 36.6 Å². The van der Waals surface area contributed by atoms with Gasteiger partial charge in [-0.25, -0.2) is 4.79 Å². The summed E-state index contributed by atoms with van der Waals surface area (Å²) in [6.07, 6.45) is 2.90. The number of ether oxygens (including phenoxy) is 2. The zero-order chi connectivity index (χ0) is 20.0. The molecule has 1 aromatic heterocycles. The molecule has 0 amide bonds. The molecular weight excluding hydrogens is 366 g/mol. The molecule has 1 unspecified atom stereocenters. The van der Waals surface area contributed by atoms with Gasteiger partial charge in [-0.15, -0.1) is 0 Å². The smallest absolute Gasteiger partial charge is 0.331 e. The minimum Gasteiger partial charge on any atom is -0.454 e. The molecule has 0 fully saturated rings. The number of hydrogen-bond donors (Lipinski definition) is 0. The van der Waals surface area contributed by atoms with Crippen molar-refractivity contribution in [1.82, 2.24) is 4.57 Å². The molecule has 0 spiro atoms. The summed E-state index contributed by atoms with van der Waals surface area (Å²) in [6.45, 7) is 6.10. The van der Waals surface area contributed by atoms with Crippen LogP contribution in [0, 0.1) is 13.8 Å². The third-order valence-electron chi connectivity index (χ3n) is 4.26. The number of benzene rings is 1. The Balaban J connectivity index is 1.98. The van der Waals surface area contributed by atoms with Crippen LogP contribution in [0.15, 0.2) is 36.4 Å². The maximum atomic E-state index is 12.5. The third kappa shape index (κ3) is 5.55. The number of ketones is 1. The number of nitrogens with zero attached hydrogens (tertiary/aromatic N) is 1. The van der Waals surface area contributed by atoms with Gasteiger partial charge in [0.1, 0.15) is 0 Å². The molecule has 27 heavy (non-hydrogen) atoms. The van der Waals surface area contributed by atoms with Gasteiger partial charge in [-0.3, -0.25) is 4.79 Å². The summed E-state index contributed by atoms with van der Waals surface area (Å²) in [4.78, 5) is 24.3. The highest BCUT2D eigenvalue weighted by Crippen LogP contribution is 2.21. The first kappa shape index (κ1) is 20.9. The minimum absolute atomic E-state index is 0.112. The van der Waals surface area contributed by atoms with Crippen LogP contribution < -0.4 is 0 Å². The lowest BCUT2D eigenvalue weighted by atomic mass is 10.1. The van der Waals surface area contributed by atoms with E-state index in [2.05, 4.69) is 4.57 Å². The Bertz CT molecular complexity index is 837. The Morgan fingerprint density at radius 1 is 1.22 bits per heavy atom. The molecule has 2 rings (SSSR count). The van der Waals surface area contributed by atoms with Gasteiger partial charge in [0.15, 0.2) is 6.61 Å². The molecule has 0 saturated carbocycles. The van der Waals surface area contributed by atoms with Crippen molar-refractivity contribution in [2.45, 2.75) is 26.8 Å². The number of carbonyl (C=O) groups excluding carboxylic acids is 2. The summed E-state index contributed by atoms with van der Waals surface area (Å²) in [5, 5.41) is 0.623. The number of Topliss-reactive ketones (excluding diaryl/α,β-unsaturated/α-hetero) is 1. The first-order valence-corrected chi connectivity index (χ1v) is 9.02. The number of esters is 1.